The minimum atomic E-state index is -0.365. The van der Waals surface area contributed by atoms with Gasteiger partial charge in [-0.1, -0.05) is 6.07 Å². The number of rotatable bonds is 4. The minimum absolute atomic E-state index is 0.318. The third kappa shape index (κ3) is 3.31. The van der Waals surface area contributed by atoms with Crippen molar-refractivity contribution in [1.29, 1.82) is 0 Å². The van der Waals surface area contributed by atoms with Gasteiger partial charge in [-0.25, -0.2) is 4.79 Å². The van der Waals surface area contributed by atoms with Crippen molar-refractivity contribution in [3.8, 4) is 11.5 Å². The van der Waals surface area contributed by atoms with Crippen LogP contribution >= 0.6 is 0 Å². The third-order valence-corrected chi connectivity index (χ3v) is 3.12. The molecule has 3 rings (SSSR count). The summed E-state index contributed by atoms with van der Waals surface area (Å²) < 4.78 is 16.1. The van der Waals surface area contributed by atoms with Crippen molar-refractivity contribution in [1.82, 2.24) is 4.98 Å². The van der Waals surface area contributed by atoms with Crippen LogP contribution in [-0.2, 0) is 11.2 Å². The van der Waals surface area contributed by atoms with Gasteiger partial charge in [0, 0.05) is 18.8 Å². The molecule has 0 aliphatic carbocycles. The van der Waals surface area contributed by atoms with Crippen LogP contribution in [0.1, 0.15) is 15.9 Å². The summed E-state index contributed by atoms with van der Waals surface area (Å²) in [5.74, 6) is 0.881. The Hall–Kier alpha value is -2.56. The maximum atomic E-state index is 12.0. The summed E-state index contributed by atoms with van der Waals surface area (Å²) in [7, 11) is 0. The Morgan fingerprint density at radius 2 is 2.05 bits per heavy atom. The van der Waals surface area contributed by atoms with Crippen molar-refractivity contribution >= 4 is 5.97 Å². The van der Waals surface area contributed by atoms with Gasteiger partial charge in [0.05, 0.1) is 12.2 Å². The zero-order valence-corrected chi connectivity index (χ0v) is 11.5. The highest BCUT2D eigenvalue weighted by atomic mass is 16.6. The van der Waals surface area contributed by atoms with Gasteiger partial charge in [-0.2, -0.15) is 0 Å². The average Bonchev–Trinajstić information content (AvgIpc) is 2.55. The minimum Gasteiger partial charge on any atom is -0.486 e. The number of nitrogens with zero attached hydrogens (tertiary/aromatic N) is 1. The molecule has 2 heterocycles. The van der Waals surface area contributed by atoms with E-state index >= 15 is 0 Å². The van der Waals surface area contributed by atoms with E-state index < -0.39 is 0 Å². The first-order valence-electron chi connectivity index (χ1n) is 6.78. The first-order chi connectivity index (χ1) is 10.3. The summed E-state index contributed by atoms with van der Waals surface area (Å²) in [5.41, 5.74) is 1.50. The highest BCUT2D eigenvalue weighted by molar-refractivity contribution is 5.90. The van der Waals surface area contributed by atoms with Crippen LogP contribution in [0.2, 0.25) is 0 Å². The number of hydrogen-bond donors (Lipinski definition) is 0. The maximum absolute atomic E-state index is 12.0. The predicted molar refractivity (Wildman–Crippen MR) is 75.7 cm³/mol. The lowest BCUT2D eigenvalue weighted by Gasteiger charge is -2.18. The number of ether oxygens (including phenoxy) is 3. The molecule has 0 atom stereocenters. The topological polar surface area (TPSA) is 57.7 Å². The molecule has 2 aromatic rings. The fourth-order valence-electron chi connectivity index (χ4n) is 2.06. The molecule has 0 saturated carbocycles. The van der Waals surface area contributed by atoms with E-state index in [2.05, 4.69) is 4.98 Å². The molecule has 0 spiro atoms. The smallest absolute Gasteiger partial charge is 0.338 e. The van der Waals surface area contributed by atoms with Crippen LogP contribution in [0, 0.1) is 0 Å². The summed E-state index contributed by atoms with van der Waals surface area (Å²) in [6.45, 7) is 1.34. The largest absolute Gasteiger partial charge is 0.486 e. The summed E-state index contributed by atoms with van der Waals surface area (Å²) in [4.78, 5) is 16.0. The van der Waals surface area contributed by atoms with Gasteiger partial charge >= 0.3 is 5.97 Å². The fraction of sp³-hybridized carbons (Fsp3) is 0.250. The van der Waals surface area contributed by atoms with Crippen molar-refractivity contribution in [2.24, 2.45) is 0 Å². The maximum Gasteiger partial charge on any atom is 0.338 e. The van der Waals surface area contributed by atoms with E-state index in [1.165, 1.54) is 0 Å². The van der Waals surface area contributed by atoms with Gasteiger partial charge in [-0.3, -0.25) is 4.98 Å². The van der Waals surface area contributed by atoms with E-state index in [1.807, 2.05) is 12.1 Å². The molecule has 1 aromatic carbocycles. The van der Waals surface area contributed by atoms with Crippen LogP contribution in [0.15, 0.2) is 42.7 Å². The molecule has 0 N–H and O–H groups in total. The molecule has 0 saturated heterocycles. The second kappa shape index (κ2) is 6.26. The van der Waals surface area contributed by atoms with Gasteiger partial charge in [0.15, 0.2) is 11.5 Å². The molecule has 1 aliphatic heterocycles. The lowest BCUT2D eigenvalue weighted by molar-refractivity contribution is 0.0508. The number of hydrogen-bond acceptors (Lipinski definition) is 5. The van der Waals surface area contributed by atoms with E-state index in [4.69, 9.17) is 14.2 Å². The molecule has 0 radical (unpaired) electrons. The summed E-state index contributed by atoms with van der Waals surface area (Å²) in [6.07, 6.45) is 4.12. The van der Waals surface area contributed by atoms with Gasteiger partial charge in [-0.15, -0.1) is 0 Å². The van der Waals surface area contributed by atoms with Gasteiger partial charge < -0.3 is 14.2 Å². The van der Waals surface area contributed by atoms with E-state index in [0.29, 0.717) is 43.3 Å². The van der Waals surface area contributed by atoms with Crippen LogP contribution < -0.4 is 9.47 Å². The van der Waals surface area contributed by atoms with E-state index in [-0.39, 0.29) is 5.97 Å². The third-order valence-electron chi connectivity index (χ3n) is 3.12. The molecule has 0 amide bonds. The zero-order chi connectivity index (χ0) is 14.5. The molecule has 5 nitrogen and oxygen atoms in total. The van der Waals surface area contributed by atoms with Crippen molar-refractivity contribution in [3.05, 3.63) is 53.9 Å². The molecule has 1 aromatic heterocycles. The number of carbonyl (C=O) groups excluding carboxylic acids is 1. The van der Waals surface area contributed by atoms with Gasteiger partial charge in [-0.05, 0) is 29.8 Å². The number of benzene rings is 1. The first kappa shape index (κ1) is 13.4. The molecule has 0 bridgehead atoms. The Morgan fingerprint density at radius 1 is 1.19 bits per heavy atom. The number of carbonyl (C=O) groups is 1. The van der Waals surface area contributed by atoms with Crippen LogP contribution in [0.3, 0.4) is 0 Å². The van der Waals surface area contributed by atoms with Gasteiger partial charge in [0.2, 0.25) is 0 Å². The van der Waals surface area contributed by atoms with E-state index in [0.717, 1.165) is 5.56 Å². The van der Waals surface area contributed by atoms with Gasteiger partial charge in [0.1, 0.15) is 13.2 Å². The SMILES string of the molecule is O=C(OCCc1cccnc1)c1ccc2c(c1)OCCO2. The highest BCUT2D eigenvalue weighted by Crippen LogP contribution is 2.30. The van der Waals surface area contributed by atoms with Crippen molar-refractivity contribution in [2.45, 2.75) is 6.42 Å². The highest BCUT2D eigenvalue weighted by Gasteiger charge is 2.15. The number of fused-ring (bicyclic) bond motifs is 1. The number of pyridine rings is 1. The molecule has 0 fully saturated rings. The standard InChI is InChI=1S/C16H15NO4/c18-16(21-7-5-12-2-1-6-17-11-12)13-3-4-14-15(10-13)20-9-8-19-14/h1-4,6,10-11H,5,7-9H2. The molecular formula is C16H15NO4. The van der Waals surface area contributed by atoms with Crippen molar-refractivity contribution < 1.29 is 19.0 Å². The van der Waals surface area contributed by atoms with Crippen molar-refractivity contribution in [2.75, 3.05) is 19.8 Å². The predicted octanol–water partition coefficient (Wildman–Crippen LogP) is 2.25. The Morgan fingerprint density at radius 3 is 2.86 bits per heavy atom. The molecular weight excluding hydrogens is 270 g/mol. The van der Waals surface area contributed by atoms with Crippen LogP contribution in [0.5, 0.6) is 11.5 Å². The summed E-state index contributed by atoms with van der Waals surface area (Å²) in [5, 5.41) is 0. The Kier molecular flexibility index (Phi) is 4.00. The summed E-state index contributed by atoms with van der Waals surface area (Å²) in [6, 6.07) is 8.87. The molecule has 108 valence electrons. The van der Waals surface area contributed by atoms with Crippen LogP contribution in [0.25, 0.3) is 0 Å². The number of aromatic nitrogens is 1. The number of esters is 1. The second-order valence-corrected chi connectivity index (χ2v) is 4.61. The van der Waals surface area contributed by atoms with Crippen molar-refractivity contribution in [3.63, 3.8) is 0 Å². The summed E-state index contributed by atoms with van der Waals surface area (Å²) >= 11 is 0. The zero-order valence-electron chi connectivity index (χ0n) is 11.5. The molecule has 1 aliphatic rings. The molecule has 21 heavy (non-hydrogen) atoms. The van der Waals surface area contributed by atoms with Gasteiger partial charge in [0.25, 0.3) is 0 Å². The Balaban J connectivity index is 1.58. The Labute approximate surface area is 122 Å². The normalized spacial score (nSPS) is 12.8. The second-order valence-electron chi connectivity index (χ2n) is 4.61. The monoisotopic (exact) mass is 285 g/mol. The van der Waals surface area contributed by atoms with Crippen LogP contribution in [0.4, 0.5) is 0 Å². The Bertz CT molecular complexity index is 627. The quantitative estimate of drug-likeness (QED) is 0.806. The molecule has 0 unspecified atom stereocenters. The first-order valence-corrected chi connectivity index (χ1v) is 6.78. The van der Waals surface area contributed by atoms with E-state index in [1.54, 1.807) is 30.6 Å². The molecule has 5 heteroatoms. The lowest BCUT2D eigenvalue weighted by Crippen LogP contribution is -2.16. The fourth-order valence-corrected chi connectivity index (χ4v) is 2.06. The average molecular weight is 285 g/mol. The van der Waals surface area contributed by atoms with Crippen LogP contribution in [-0.4, -0.2) is 30.8 Å². The lowest BCUT2D eigenvalue weighted by atomic mass is 10.2. The van der Waals surface area contributed by atoms with E-state index in [9.17, 15) is 4.79 Å².